The second-order valence-electron chi connectivity index (χ2n) is 4.91. The van der Waals surface area contributed by atoms with Crippen LogP contribution in [0.2, 0.25) is 0 Å². The second-order valence-corrected chi connectivity index (χ2v) is 6.07. The van der Waals surface area contributed by atoms with Crippen LogP contribution >= 0.6 is 22.9 Å². The van der Waals surface area contributed by atoms with Crippen LogP contribution in [0.15, 0.2) is 29.6 Å². The van der Waals surface area contributed by atoms with Crippen molar-refractivity contribution in [3.63, 3.8) is 0 Å². The number of rotatable bonds is 3. The van der Waals surface area contributed by atoms with Crippen LogP contribution in [0.5, 0.6) is 0 Å². The minimum atomic E-state index is 0.323. The molecule has 3 rings (SSSR count). The van der Waals surface area contributed by atoms with Gasteiger partial charge >= 0.3 is 0 Å². The second kappa shape index (κ2) is 5.51. The van der Waals surface area contributed by atoms with Crippen molar-refractivity contribution in [1.29, 1.82) is 0 Å². The van der Waals surface area contributed by atoms with Crippen LogP contribution in [0, 0.1) is 0 Å². The van der Waals surface area contributed by atoms with Gasteiger partial charge in [-0.1, -0.05) is 18.2 Å². The number of aryl methyl sites for hydroxylation is 1. The van der Waals surface area contributed by atoms with E-state index in [1.165, 1.54) is 24.1 Å². The topological polar surface area (TPSA) is 16.1 Å². The van der Waals surface area contributed by atoms with E-state index in [0.29, 0.717) is 11.9 Å². The number of hydrogen-bond acceptors (Lipinski definition) is 3. The quantitative estimate of drug-likeness (QED) is 0.780. The predicted octanol–water partition coefficient (Wildman–Crippen LogP) is 4.40. The summed E-state index contributed by atoms with van der Waals surface area (Å²) < 4.78 is 0. The number of thiazole rings is 1. The van der Waals surface area contributed by atoms with Crippen LogP contribution in [-0.4, -0.2) is 11.5 Å². The molecule has 1 aromatic heterocycles. The number of benzene rings is 1. The zero-order valence-electron chi connectivity index (χ0n) is 11.0. The zero-order valence-corrected chi connectivity index (χ0v) is 12.5. The van der Waals surface area contributed by atoms with Crippen molar-refractivity contribution in [3.05, 3.63) is 45.9 Å². The fourth-order valence-corrected chi connectivity index (χ4v) is 3.79. The van der Waals surface area contributed by atoms with Gasteiger partial charge in [0, 0.05) is 17.6 Å². The van der Waals surface area contributed by atoms with Crippen LogP contribution < -0.4 is 4.90 Å². The molecule has 0 bridgehead atoms. The van der Waals surface area contributed by atoms with E-state index in [9.17, 15) is 0 Å². The van der Waals surface area contributed by atoms with Crippen LogP contribution in [-0.2, 0) is 12.3 Å². The molecule has 0 saturated carbocycles. The Kier molecular flexibility index (Phi) is 3.76. The van der Waals surface area contributed by atoms with Crippen molar-refractivity contribution in [2.75, 3.05) is 11.4 Å². The number of anilines is 1. The average molecular weight is 293 g/mol. The minimum absolute atomic E-state index is 0.323. The normalized spacial score (nSPS) is 16.2. The SMILES string of the molecule is CC(c1nc(CCl)cs1)N1CCCc2ccccc21. The number of alkyl halides is 1. The number of fused-ring (bicyclic) bond motifs is 1. The summed E-state index contributed by atoms with van der Waals surface area (Å²) in [6, 6.07) is 9.03. The van der Waals surface area contributed by atoms with Gasteiger partial charge in [0.1, 0.15) is 5.01 Å². The summed E-state index contributed by atoms with van der Waals surface area (Å²) in [5, 5.41) is 3.22. The summed E-state index contributed by atoms with van der Waals surface area (Å²) in [5.41, 5.74) is 3.80. The van der Waals surface area contributed by atoms with E-state index in [1.807, 2.05) is 0 Å². The summed E-state index contributed by atoms with van der Waals surface area (Å²) in [5.74, 6) is 0.500. The van der Waals surface area contributed by atoms with Crippen molar-refractivity contribution in [3.8, 4) is 0 Å². The van der Waals surface area contributed by atoms with Crippen molar-refractivity contribution >= 4 is 28.6 Å². The van der Waals surface area contributed by atoms with Gasteiger partial charge in [0.15, 0.2) is 0 Å². The maximum Gasteiger partial charge on any atom is 0.115 e. The lowest BCUT2D eigenvalue weighted by atomic mass is 10.0. The van der Waals surface area contributed by atoms with Gasteiger partial charge in [-0.3, -0.25) is 0 Å². The Labute approximate surface area is 123 Å². The lowest BCUT2D eigenvalue weighted by molar-refractivity contribution is 0.612. The highest BCUT2D eigenvalue weighted by Gasteiger charge is 2.23. The highest BCUT2D eigenvalue weighted by atomic mass is 35.5. The largest absolute Gasteiger partial charge is 0.362 e. The molecule has 0 spiro atoms. The van der Waals surface area contributed by atoms with Crippen LogP contribution in [0.25, 0.3) is 0 Å². The molecule has 1 atom stereocenters. The van der Waals surface area contributed by atoms with Crippen molar-refractivity contribution < 1.29 is 0 Å². The third-order valence-electron chi connectivity index (χ3n) is 3.68. The van der Waals surface area contributed by atoms with Crippen molar-refractivity contribution in [2.45, 2.75) is 31.7 Å². The molecule has 2 aromatic rings. The molecule has 0 aliphatic carbocycles. The van der Waals surface area contributed by atoms with E-state index in [4.69, 9.17) is 11.6 Å². The number of halogens is 1. The summed E-state index contributed by atoms with van der Waals surface area (Å²) in [7, 11) is 0. The number of aromatic nitrogens is 1. The Morgan fingerprint density at radius 2 is 2.26 bits per heavy atom. The van der Waals surface area contributed by atoms with Gasteiger partial charge < -0.3 is 4.90 Å². The van der Waals surface area contributed by atoms with E-state index in [2.05, 4.69) is 46.5 Å². The molecule has 2 nitrogen and oxygen atoms in total. The van der Waals surface area contributed by atoms with Gasteiger partial charge in [-0.2, -0.15) is 0 Å². The molecule has 0 amide bonds. The molecule has 1 aromatic carbocycles. The Bertz CT molecular complexity index is 567. The van der Waals surface area contributed by atoms with Crippen molar-refractivity contribution in [2.24, 2.45) is 0 Å². The lowest BCUT2D eigenvalue weighted by Gasteiger charge is -2.35. The fraction of sp³-hybridized carbons (Fsp3) is 0.400. The van der Waals surface area contributed by atoms with E-state index in [0.717, 1.165) is 17.2 Å². The van der Waals surface area contributed by atoms with Crippen LogP contribution in [0.4, 0.5) is 5.69 Å². The zero-order chi connectivity index (χ0) is 13.2. The molecule has 19 heavy (non-hydrogen) atoms. The molecule has 0 fully saturated rings. The monoisotopic (exact) mass is 292 g/mol. The first-order valence-electron chi connectivity index (χ1n) is 6.64. The Morgan fingerprint density at radius 3 is 3.05 bits per heavy atom. The van der Waals surface area contributed by atoms with Gasteiger partial charge in [-0.15, -0.1) is 22.9 Å². The van der Waals surface area contributed by atoms with E-state index in [-0.39, 0.29) is 0 Å². The summed E-state index contributed by atoms with van der Waals surface area (Å²) in [4.78, 5) is 7.09. The maximum atomic E-state index is 5.84. The Hall–Kier alpha value is -1.06. The molecule has 0 N–H and O–H groups in total. The van der Waals surface area contributed by atoms with Gasteiger partial charge in [0.2, 0.25) is 0 Å². The van der Waals surface area contributed by atoms with Gasteiger partial charge in [-0.25, -0.2) is 4.98 Å². The van der Waals surface area contributed by atoms with E-state index < -0.39 is 0 Å². The number of hydrogen-bond donors (Lipinski definition) is 0. The average Bonchev–Trinajstić information content (AvgIpc) is 2.95. The third kappa shape index (κ3) is 2.49. The molecule has 0 saturated heterocycles. The molecule has 0 radical (unpaired) electrons. The first-order valence-corrected chi connectivity index (χ1v) is 8.06. The molecular weight excluding hydrogens is 276 g/mol. The smallest absolute Gasteiger partial charge is 0.115 e. The predicted molar refractivity (Wildman–Crippen MR) is 82.2 cm³/mol. The fourth-order valence-electron chi connectivity index (χ4n) is 2.67. The molecule has 1 unspecified atom stereocenters. The Balaban J connectivity index is 1.90. The van der Waals surface area contributed by atoms with Gasteiger partial charge in [0.05, 0.1) is 17.6 Å². The molecular formula is C15H17ClN2S. The van der Waals surface area contributed by atoms with E-state index >= 15 is 0 Å². The van der Waals surface area contributed by atoms with Crippen LogP contribution in [0.3, 0.4) is 0 Å². The third-order valence-corrected chi connectivity index (χ3v) is 5.02. The maximum absolute atomic E-state index is 5.84. The van der Waals surface area contributed by atoms with E-state index in [1.54, 1.807) is 11.3 Å². The first kappa shape index (κ1) is 12.9. The van der Waals surface area contributed by atoms with Crippen molar-refractivity contribution in [1.82, 2.24) is 4.98 Å². The van der Waals surface area contributed by atoms with Gasteiger partial charge in [0.25, 0.3) is 0 Å². The van der Waals surface area contributed by atoms with Crippen LogP contribution in [0.1, 0.15) is 35.7 Å². The van der Waals surface area contributed by atoms with Gasteiger partial charge in [-0.05, 0) is 31.4 Å². The molecule has 2 heterocycles. The highest BCUT2D eigenvalue weighted by Crippen LogP contribution is 2.34. The minimum Gasteiger partial charge on any atom is -0.362 e. The molecule has 100 valence electrons. The highest BCUT2D eigenvalue weighted by molar-refractivity contribution is 7.09. The summed E-state index contributed by atoms with van der Waals surface area (Å²) >= 11 is 7.56. The first-order chi connectivity index (χ1) is 9.29. The molecule has 4 heteroatoms. The lowest BCUT2D eigenvalue weighted by Crippen LogP contribution is -2.31. The molecule has 1 aliphatic heterocycles. The Morgan fingerprint density at radius 1 is 1.42 bits per heavy atom. The molecule has 1 aliphatic rings. The number of nitrogens with zero attached hydrogens (tertiary/aromatic N) is 2. The summed E-state index contributed by atoms with van der Waals surface area (Å²) in [6.07, 6.45) is 2.40. The number of para-hydroxylation sites is 1. The standard InChI is InChI=1S/C15H17ClN2S/c1-11(15-17-13(9-16)10-19-15)18-8-4-6-12-5-2-3-7-14(12)18/h2-3,5,7,10-11H,4,6,8-9H2,1H3. The summed E-state index contributed by atoms with van der Waals surface area (Å²) in [6.45, 7) is 3.34.